The average molecular weight is 243 g/mol. The van der Waals surface area contributed by atoms with Gasteiger partial charge < -0.3 is 10.4 Å². The summed E-state index contributed by atoms with van der Waals surface area (Å²) in [6, 6.07) is 7.41. The second-order valence-corrected chi connectivity index (χ2v) is 4.84. The van der Waals surface area contributed by atoms with Crippen molar-refractivity contribution < 1.29 is 5.11 Å². The Balaban J connectivity index is 1.89. The zero-order valence-electron chi connectivity index (χ0n) is 10.2. The van der Waals surface area contributed by atoms with E-state index >= 15 is 0 Å². The monoisotopic (exact) mass is 243 g/mol. The molecule has 1 aromatic heterocycles. The molecule has 1 aromatic carbocycles. The minimum Gasteiger partial charge on any atom is -0.507 e. The Hall–Kier alpha value is -1.81. The van der Waals surface area contributed by atoms with Crippen molar-refractivity contribution >= 4 is 0 Å². The maximum absolute atomic E-state index is 9.91. The topological polar surface area (TPSA) is 60.9 Å². The Kier molecular flexibility index (Phi) is 3.02. The molecule has 1 saturated heterocycles. The van der Waals surface area contributed by atoms with Crippen LogP contribution in [0.2, 0.25) is 0 Å². The maximum Gasteiger partial charge on any atom is 0.123 e. The van der Waals surface area contributed by atoms with E-state index in [-0.39, 0.29) is 0 Å². The molecule has 1 fully saturated rings. The van der Waals surface area contributed by atoms with Crippen molar-refractivity contribution in [2.24, 2.45) is 5.92 Å². The Bertz CT molecular complexity index is 529. The van der Waals surface area contributed by atoms with Crippen molar-refractivity contribution in [3.05, 3.63) is 36.2 Å². The highest BCUT2D eigenvalue weighted by Gasteiger charge is 2.19. The highest BCUT2D eigenvalue weighted by molar-refractivity contribution is 5.71. The number of para-hydroxylation sites is 1. The summed E-state index contributed by atoms with van der Waals surface area (Å²) in [4.78, 5) is 0. The molecule has 0 spiro atoms. The van der Waals surface area contributed by atoms with Gasteiger partial charge in [0, 0.05) is 16.8 Å². The van der Waals surface area contributed by atoms with E-state index in [0.29, 0.717) is 11.7 Å². The van der Waals surface area contributed by atoms with E-state index in [1.54, 1.807) is 12.3 Å². The van der Waals surface area contributed by atoms with Crippen molar-refractivity contribution in [2.45, 2.75) is 12.8 Å². The molecule has 0 radical (unpaired) electrons. The van der Waals surface area contributed by atoms with Gasteiger partial charge in [-0.1, -0.05) is 18.2 Å². The molecule has 0 bridgehead atoms. The van der Waals surface area contributed by atoms with Crippen LogP contribution in [0.25, 0.3) is 11.1 Å². The van der Waals surface area contributed by atoms with Gasteiger partial charge >= 0.3 is 0 Å². The predicted molar refractivity (Wildman–Crippen MR) is 70.4 cm³/mol. The van der Waals surface area contributed by atoms with E-state index in [9.17, 15) is 5.11 Å². The van der Waals surface area contributed by atoms with Gasteiger partial charge in [0.25, 0.3) is 0 Å². The minimum absolute atomic E-state index is 0.310. The second kappa shape index (κ2) is 4.82. The third kappa shape index (κ3) is 2.11. The highest BCUT2D eigenvalue weighted by Crippen LogP contribution is 2.31. The number of benzene rings is 1. The lowest BCUT2D eigenvalue weighted by Crippen LogP contribution is -2.11. The van der Waals surface area contributed by atoms with Crippen LogP contribution in [-0.2, 0) is 6.42 Å². The number of H-pyrrole nitrogens is 1. The first-order chi connectivity index (χ1) is 8.84. The average Bonchev–Trinajstić information content (AvgIpc) is 3.02. The van der Waals surface area contributed by atoms with Gasteiger partial charge in [0.1, 0.15) is 5.75 Å². The zero-order valence-corrected chi connectivity index (χ0v) is 10.2. The number of phenols is 1. The van der Waals surface area contributed by atoms with E-state index in [2.05, 4.69) is 15.5 Å². The number of aromatic nitrogens is 2. The lowest BCUT2D eigenvalue weighted by Gasteiger charge is -2.09. The molecule has 18 heavy (non-hydrogen) atoms. The van der Waals surface area contributed by atoms with Gasteiger partial charge in [-0.2, -0.15) is 5.10 Å². The summed E-state index contributed by atoms with van der Waals surface area (Å²) in [5.41, 5.74) is 2.98. The number of aromatic hydroxyl groups is 1. The van der Waals surface area contributed by atoms with Gasteiger partial charge in [-0.25, -0.2) is 0 Å². The summed E-state index contributed by atoms with van der Waals surface area (Å²) in [6.45, 7) is 2.17. The first-order valence-corrected chi connectivity index (χ1v) is 6.36. The molecule has 2 heterocycles. The van der Waals surface area contributed by atoms with E-state index in [0.717, 1.165) is 36.3 Å². The van der Waals surface area contributed by atoms with E-state index in [1.165, 1.54) is 6.42 Å². The Morgan fingerprint density at radius 3 is 2.94 bits per heavy atom. The number of aromatic amines is 1. The summed E-state index contributed by atoms with van der Waals surface area (Å²) >= 11 is 0. The van der Waals surface area contributed by atoms with Crippen molar-refractivity contribution in [1.82, 2.24) is 15.5 Å². The molecular formula is C14H17N3O. The first-order valence-electron chi connectivity index (χ1n) is 6.36. The van der Waals surface area contributed by atoms with Crippen LogP contribution in [-0.4, -0.2) is 28.4 Å². The molecule has 1 aliphatic heterocycles. The summed E-state index contributed by atoms with van der Waals surface area (Å²) < 4.78 is 0. The van der Waals surface area contributed by atoms with Gasteiger partial charge in [-0.15, -0.1) is 0 Å². The molecule has 4 heteroatoms. The Morgan fingerprint density at radius 1 is 1.28 bits per heavy atom. The molecule has 0 amide bonds. The smallest absolute Gasteiger partial charge is 0.123 e. The van der Waals surface area contributed by atoms with E-state index in [4.69, 9.17) is 0 Å². The predicted octanol–water partition coefficient (Wildman–Crippen LogP) is 1.93. The summed E-state index contributed by atoms with van der Waals surface area (Å²) in [6.07, 6.45) is 3.99. The van der Waals surface area contributed by atoms with Crippen LogP contribution in [0.4, 0.5) is 0 Å². The van der Waals surface area contributed by atoms with Crippen LogP contribution in [0.5, 0.6) is 5.75 Å². The van der Waals surface area contributed by atoms with Crippen molar-refractivity contribution in [2.75, 3.05) is 13.1 Å². The van der Waals surface area contributed by atoms with Crippen molar-refractivity contribution in [3.63, 3.8) is 0 Å². The van der Waals surface area contributed by atoms with Gasteiger partial charge in [-0.05, 0) is 37.9 Å². The van der Waals surface area contributed by atoms with Crippen molar-refractivity contribution in [3.8, 4) is 16.9 Å². The Labute approximate surface area is 106 Å². The van der Waals surface area contributed by atoms with E-state index in [1.807, 2.05) is 18.2 Å². The van der Waals surface area contributed by atoms with Crippen LogP contribution >= 0.6 is 0 Å². The van der Waals surface area contributed by atoms with Crippen LogP contribution in [0.15, 0.2) is 30.5 Å². The van der Waals surface area contributed by atoms with Crippen LogP contribution in [0, 0.1) is 5.92 Å². The third-order valence-electron chi connectivity index (χ3n) is 3.57. The molecule has 4 nitrogen and oxygen atoms in total. The normalized spacial score (nSPS) is 19.2. The number of phenolic OH excluding ortho intramolecular Hbond substituents is 1. The van der Waals surface area contributed by atoms with Crippen LogP contribution in [0.1, 0.15) is 12.1 Å². The van der Waals surface area contributed by atoms with Crippen LogP contribution in [0.3, 0.4) is 0 Å². The second-order valence-electron chi connectivity index (χ2n) is 4.84. The fraction of sp³-hybridized carbons (Fsp3) is 0.357. The zero-order chi connectivity index (χ0) is 12.4. The summed E-state index contributed by atoms with van der Waals surface area (Å²) in [5, 5.41) is 20.5. The SMILES string of the molecule is Oc1ccccc1-c1cn[nH]c1CC1CCNC1. The Morgan fingerprint density at radius 2 is 2.17 bits per heavy atom. The minimum atomic E-state index is 0.310. The molecule has 0 saturated carbocycles. The van der Waals surface area contributed by atoms with Crippen molar-refractivity contribution in [1.29, 1.82) is 0 Å². The molecule has 0 aliphatic carbocycles. The molecule has 1 aliphatic rings. The van der Waals surface area contributed by atoms with Gasteiger partial charge in [0.15, 0.2) is 0 Å². The number of nitrogens with zero attached hydrogens (tertiary/aromatic N) is 1. The fourth-order valence-electron chi connectivity index (χ4n) is 2.58. The molecule has 1 unspecified atom stereocenters. The van der Waals surface area contributed by atoms with Gasteiger partial charge in [-0.3, -0.25) is 5.10 Å². The number of nitrogens with one attached hydrogen (secondary N) is 2. The quantitative estimate of drug-likeness (QED) is 0.772. The standard InChI is InChI=1S/C14H17N3O/c18-14-4-2-1-3-11(14)12-9-16-17-13(12)7-10-5-6-15-8-10/h1-4,9-10,15,18H,5-8H2,(H,16,17). The molecule has 2 aromatic rings. The van der Waals surface area contributed by atoms with Gasteiger partial charge in [0.2, 0.25) is 0 Å². The summed E-state index contributed by atoms with van der Waals surface area (Å²) in [7, 11) is 0. The molecule has 1 atom stereocenters. The summed E-state index contributed by atoms with van der Waals surface area (Å²) in [5.74, 6) is 0.972. The molecule has 3 rings (SSSR count). The third-order valence-corrected chi connectivity index (χ3v) is 3.57. The van der Waals surface area contributed by atoms with Crippen LogP contribution < -0.4 is 5.32 Å². The number of hydrogen-bond acceptors (Lipinski definition) is 3. The molecular weight excluding hydrogens is 226 g/mol. The first kappa shape index (κ1) is 11.3. The van der Waals surface area contributed by atoms with Gasteiger partial charge in [0.05, 0.1) is 6.20 Å². The maximum atomic E-state index is 9.91. The number of rotatable bonds is 3. The number of hydrogen-bond donors (Lipinski definition) is 3. The highest BCUT2D eigenvalue weighted by atomic mass is 16.3. The lowest BCUT2D eigenvalue weighted by molar-refractivity contribution is 0.477. The van der Waals surface area contributed by atoms with E-state index < -0.39 is 0 Å². The fourth-order valence-corrected chi connectivity index (χ4v) is 2.58. The molecule has 3 N–H and O–H groups in total. The molecule has 94 valence electrons. The largest absolute Gasteiger partial charge is 0.507 e. The lowest BCUT2D eigenvalue weighted by atomic mass is 9.97.